The number of rotatable bonds is 7. The number of morpholine rings is 1. The Balaban J connectivity index is 1.35. The number of ether oxygens (including phenoxy) is 1. The molecule has 0 unspecified atom stereocenters. The van der Waals surface area contributed by atoms with Crippen LogP contribution < -0.4 is 10.6 Å². The van der Waals surface area contributed by atoms with Crippen LogP contribution >= 0.6 is 11.3 Å². The van der Waals surface area contributed by atoms with Gasteiger partial charge >= 0.3 is 0 Å². The van der Waals surface area contributed by atoms with Gasteiger partial charge in [-0.15, -0.1) is 0 Å². The predicted octanol–water partition coefficient (Wildman–Crippen LogP) is 4.03. The summed E-state index contributed by atoms with van der Waals surface area (Å²) in [6.07, 6.45) is 4.91. The minimum absolute atomic E-state index is 0.00109. The lowest BCUT2D eigenvalue weighted by Crippen LogP contribution is -2.47. The van der Waals surface area contributed by atoms with E-state index in [0.29, 0.717) is 0 Å². The van der Waals surface area contributed by atoms with Gasteiger partial charge in [0.15, 0.2) is 5.13 Å². The van der Waals surface area contributed by atoms with Crippen LogP contribution in [-0.2, 0) is 16.1 Å². The van der Waals surface area contributed by atoms with Crippen molar-refractivity contribution in [1.82, 2.24) is 24.8 Å². The maximum atomic E-state index is 11.9. The number of thiazole rings is 1. The molecule has 10 heteroatoms. The molecule has 3 aromatic heterocycles. The second-order valence-electron chi connectivity index (χ2n) is 9.98. The number of carbonyl (C=O) groups excluding carboxylic acids is 1. The molecule has 36 heavy (non-hydrogen) atoms. The molecular formula is C26H33N7O2S. The number of hydrogen-bond donors (Lipinski definition) is 2. The molecular weight excluding hydrogens is 474 g/mol. The van der Waals surface area contributed by atoms with E-state index in [2.05, 4.69) is 58.1 Å². The van der Waals surface area contributed by atoms with E-state index < -0.39 is 0 Å². The first-order chi connectivity index (χ1) is 17.4. The van der Waals surface area contributed by atoms with Crippen molar-refractivity contribution in [3.8, 4) is 0 Å². The van der Waals surface area contributed by atoms with Gasteiger partial charge in [0.05, 0.1) is 12.2 Å². The Bertz CT molecular complexity index is 1200. The average Bonchev–Trinajstić information content (AvgIpc) is 3.25. The fourth-order valence-electron chi connectivity index (χ4n) is 4.84. The molecule has 1 amide bonds. The zero-order valence-corrected chi connectivity index (χ0v) is 21.7. The lowest BCUT2D eigenvalue weighted by molar-refractivity contribution is -0.126. The monoisotopic (exact) mass is 507 g/mol. The third-order valence-corrected chi connectivity index (χ3v) is 7.43. The van der Waals surface area contributed by atoms with Gasteiger partial charge < -0.3 is 20.3 Å². The molecule has 0 spiro atoms. The van der Waals surface area contributed by atoms with Gasteiger partial charge in [0.2, 0.25) is 5.91 Å². The lowest BCUT2D eigenvalue weighted by Gasteiger charge is -2.38. The molecule has 190 valence electrons. The molecule has 2 saturated heterocycles. The van der Waals surface area contributed by atoms with Gasteiger partial charge in [0, 0.05) is 45.0 Å². The highest BCUT2D eigenvalue weighted by Gasteiger charge is 2.27. The number of anilines is 3. The highest BCUT2D eigenvalue weighted by atomic mass is 32.1. The minimum Gasteiger partial charge on any atom is -0.373 e. The van der Waals surface area contributed by atoms with Gasteiger partial charge in [-0.2, -0.15) is 0 Å². The van der Waals surface area contributed by atoms with Crippen molar-refractivity contribution in [2.24, 2.45) is 0 Å². The van der Waals surface area contributed by atoms with Crippen molar-refractivity contribution < 1.29 is 9.53 Å². The zero-order valence-electron chi connectivity index (χ0n) is 20.9. The minimum atomic E-state index is -0.154. The molecule has 2 aliphatic rings. The predicted molar refractivity (Wildman–Crippen MR) is 144 cm³/mol. The van der Waals surface area contributed by atoms with E-state index in [1.54, 1.807) is 6.20 Å². The first-order valence-corrected chi connectivity index (χ1v) is 13.2. The Morgan fingerprint density at radius 3 is 2.81 bits per heavy atom. The van der Waals surface area contributed by atoms with E-state index in [-0.39, 0.29) is 17.6 Å². The molecule has 0 bridgehead atoms. The van der Waals surface area contributed by atoms with Crippen molar-refractivity contribution in [2.75, 3.05) is 43.4 Å². The molecule has 0 aliphatic carbocycles. The van der Waals surface area contributed by atoms with E-state index in [9.17, 15) is 4.79 Å². The quantitative estimate of drug-likeness (QED) is 0.463. The summed E-state index contributed by atoms with van der Waals surface area (Å²) in [5.74, 6) is 1.58. The highest BCUT2D eigenvalue weighted by molar-refractivity contribution is 7.21. The largest absolute Gasteiger partial charge is 0.373 e. The SMILES string of the molecule is C=CC(=O)N1CCC(Nc2cc(CN3CCOC(C)(C)C3)cc(Nc3nc4cccnc4s3)n2)CC1. The van der Waals surface area contributed by atoms with Crippen LogP contribution in [-0.4, -0.2) is 75.1 Å². The fourth-order valence-corrected chi connectivity index (χ4v) is 5.65. The van der Waals surface area contributed by atoms with E-state index in [1.165, 1.54) is 23.0 Å². The summed E-state index contributed by atoms with van der Waals surface area (Å²) in [5, 5.41) is 7.79. The van der Waals surface area contributed by atoms with Gasteiger partial charge in [-0.3, -0.25) is 9.69 Å². The third kappa shape index (κ3) is 6.00. The van der Waals surface area contributed by atoms with Crippen molar-refractivity contribution >= 4 is 44.4 Å². The molecule has 2 aliphatic heterocycles. The number of fused-ring (bicyclic) bond motifs is 1. The summed E-state index contributed by atoms with van der Waals surface area (Å²) in [6.45, 7) is 12.6. The number of aromatic nitrogens is 3. The number of likely N-dealkylation sites (tertiary alicyclic amines) is 1. The second kappa shape index (κ2) is 10.5. The number of nitrogens with one attached hydrogen (secondary N) is 2. The van der Waals surface area contributed by atoms with E-state index in [4.69, 9.17) is 9.72 Å². The fraction of sp³-hybridized carbons (Fsp3) is 0.462. The van der Waals surface area contributed by atoms with Crippen LogP contribution in [0.15, 0.2) is 43.1 Å². The van der Waals surface area contributed by atoms with Gasteiger partial charge in [-0.05, 0) is 62.6 Å². The molecule has 0 saturated carbocycles. The van der Waals surface area contributed by atoms with Crippen molar-refractivity contribution in [3.63, 3.8) is 0 Å². The summed E-state index contributed by atoms with van der Waals surface area (Å²) in [5.41, 5.74) is 1.89. The Morgan fingerprint density at radius 1 is 1.25 bits per heavy atom. The van der Waals surface area contributed by atoms with Gasteiger partial charge in [-0.1, -0.05) is 17.9 Å². The summed E-state index contributed by atoms with van der Waals surface area (Å²) in [6, 6.07) is 8.34. The topological polar surface area (TPSA) is 95.5 Å². The molecule has 2 fully saturated rings. The maximum Gasteiger partial charge on any atom is 0.245 e. The van der Waals surface area contributed by atoms with Crippen molar-refractivity contribution in [2.45, 2.75) is 44.9 Å². The van der Waals surface area contributed by atoms with E-state index in [0.717, 1.165) is 79.3 Å². The summed E-state index contributed by atoms with van der Waals surface area (Å²) in [4.78, 5) is 31.0. The average molecular weight is 508 g/mol. The van der Waals surface area contributed by atoms with Crippen LogP contribution in [0.4, 0.5) is 16.8 Å². The summed E-state index contributed by atoms with van der Waals surface area (Å²) in [7, 11) is 0. The molecule has 0 radical (unpaired) electrons. The first kappa shape index (κ1) is 24.6. The van der Waals surface area contributed by atoms with Crippen LogP contribution in [0.2, 0.25) is 0 Å². The molecule has 5 heterocycles. The Hall–Kier alpha value is -3.08. The number of nitrogens with zero attached hydrogens (tertiary/aromatic N) is 5. The number of piperidine rings is 1. The third-order valence-electron chi connectivity index (χ3n) is 6.53. The summed E-state index contributed by atoms with van der Waals surface area (Å²) >= 11 is 1.51. The Morgan fingerprint density at radius 2 is 2.06 bits per heavy atom. The zero-order chi connectivity index (χ0) is 25.1. The number of amides is 1. The van der Waals surface area contributed by atoms with Gasteiger partial charge in [0.1, 0.15) is 22.0 Å². The van der Waals surface area contributed by atoms with Crippen LogP contribution in [0.3, 0.4) is 0 Å². The second-order valence-corrected chi connectivity index (χ2v) is 11.0. The van der Waals surface area contributed by atoms with Crippen LogP contribution in [0.25, 0.3) is 10.3 Å². The highest BCUT2D eigenvalue weighted by Crippen LogP contribution is 2.28. The van der Waals surface area contributed by atoms with Gasteiger partial charge in [0.25, 0.3) is 0 Å². The first-order valence-electron chi connectivity index (χ1n) is 12.4. The number of pyridine rings is 2. The molecule has 9 nitrogen and oxygen atoms in total. The Kier molecular flexibility index (Phi) is 7.17. The molecule has 5 rings (SSSR count). The van der Waals surface area contributed by atoms with Crippen LogP contribution in [0, 0.1) is 0 Å². The number of hydrogen-bond acceptors (Lipinski definition) is 9. The van der Waals surface area contributed by atoms with E-state index >= 15 is 0 Å². The molecule has 0 atom stereocenters. The van der Waals surface area contributed by atoms with Gasteiger partial charge in [-0.25, -0.2) is 15.0 Å². The lowest BCUT2D eigenvalue weighted by atomic mass is 10.0. The van der Waals surface area contributed by atoms with Crippen LogP contribution in [0.1, 0.15) is 32.3 Å². The molecule has 0 aromatic carbocycles. The smallest absolute Gasteiger partial charge is 0.245 e. The molecule has 3 aromatic rings. The standard InChI is InChI=1S/C26H33N7O2S/c1-4-23(34)33-10-7-19(8-11-33)28-21-14-18(16-32-12-13-35-26(2,3)17-32)15-22(30-21)31-25-29-20-6-5-9-27-24(20)36-25/h4-6,9,14-15,19H,1,7-8,10-13,16-17H2,2-3H3,(H2,28,29,30,31). The Labute approximate surface area is 215 Å². The van der Waals surface area contributed by atoms with Crippen molar-refractivity contribution in [1.29, 1.82) is 0 Å². The molecule has 2 N–H and O–H groups in total. The summed E-state index contributed by atoms with van der Waals surface area (Å²) < 4.78 is 5.90. The number of carbonyl (C=O) groups is 1. The normalized spacial score (nSPS) is 18.8. The van der Waals surface area contributed by atoms with E-state index in [1.807, 2.05) is 17.0 Å². The maximum absolute atomic E-state index is 11.9. The van der Waals surface area contributed by atoms with Crippen LogP contribution in [0.5, 0.6) is 0 Å². The van der Waals surface area contributed by atoms with Crippen molar-refractivity contribution in [3.05, 3.63) is 48.7 Å².